The molecule has 7 heteroatoms. The predicted octanol–water partition coefficient (Wildman–Crippen LogP) is 2.80. The van der Waals surface area contributed by atoms with Gasteiger partial charge in [0.25, 0.3) is 0 Å². The van der Waals surface area contributed by atoms with Gasteiger partial charge in [0.1, 0.15) is 5.75 Å². The van der Waals surface area contributed by atoms with Crippen LogP contribution in [0, 0.1) is 11.3 Å². The molecule has 0 spiro atoms. The van der Waals surface area contributed by atoms with Gasteiger partial charge in [-0.05, 0) is 39.2 Å². The molecule has 0 aliphatic heterocycles. The maximum absolute atomic E-state index is 12.6. The second-order valence-electron chi connectivity index (χ2n) is 6.17. The van der Waals surface area contributed by atoms with Crippen molar-refractivity contribution in [3.05, 3.63) is 24.3 Å². The second-order valence-corrected chi connectivity index (χ2v) is 6.17. The van der Waals surface area contributed by atoms with Gasteiger partial charge in [-0.3, -0.25) is 0 Å². The average Bonchev–Trinajstić information content (AvgIpc) is 2.62. The van der Waals surface area contributed by atoms with Crippen molar-refractivity contribution in [3.8, 4) is 11.8 Å². The summed E-state index contributed by atoms with van der Waals surface area (Å²) in [4.78, 5) is 16.4. The minimum absolute atomic E-state index is 0.216. The summed E-state index contributed by atoms with van der Waals surface area (Å²) in [5, 5.41) is 11.7. The Bertz CT molecular complexity index is 572. The second kappa shape index (κ2) is 13.0. The first-order valence-electron chi connectivity index (χ1n) is 8.87. The summed E-state index contributed by atoms with van der Waals surface area (Å²) in [5.74, 6) is 0.630. The monoisotopic (exact) mass is 362 g/mol. The van der Waals surface area contributed by atoms with Crippen LogP contribution in [0.4, 0.5) is 10.5 Å². The molecule has 2 amide bonds. The third-order valence-corrected chi connectivity index (χ3v) is 3.69. The number of amides is 2. The van der Waals surface area contributed by atoms with Crippen LogP contribution in [0.15, 0.2) is 24.3 Å². The van der Waals surface area contributed by atoms with Gasteiger partial charge in [-0.25, -0.2) is 4.79 Å². The molecule has 0 saturated heterocycles. The van der Waals surface area contributed by atoms with E-state index in [1.807, 2.05) is 38.4 Å². The van der Waals surface area contributed by atoms with E-state index in [-0.39, 0.29) is 6.03 Å². The highest BCUT2D eigenvalue weighted by molar-refractivity contribution is 5.91. The number of para-hydroxylation sites is 2. The Balaban J connectivity index is 2.67. The Morgan fingerprint density at radius 2 is 1.92 bits per heavy atom. The quantitative estimate of drug-likeness (QED) is 0.579. The summed E-state index contributed by atoms with van der Waals surface area (Å²) >= 11 is 0. The van der Waals surface area contributed by atoms with E-state index in [0.717, 1.165) is 19.4 Å². The number of urea groups is 1. The molecule has 1 aromatic rings. The number of carbonyl (C=O) groups is 1. The molecule has 0 saturated carbocycles. The fourth-order valence-corrected chi connectivity index (χ4v) is 2.35. The summed E-state index contributed by atoms with van der Waals surface area (Å²) in [6.07, 6.45) is 1.93. The lowest BCUT2D eigenvalue weighted by Crippen LogP contribution is -2.37. The van der Waals surface area contributed by atoms with Crippen molar-refractivity contribution in [2.75, 3.05) is 59.4 Å². The Kier molecular flexibility index (Phi) is 10.9. The highest BCUT2D eigenvalue weighted by Gasteiger charge is 2.15. The molecule has 0 fully saturated rings. The largest absolute Gasteiger partial charge is 0.491 e. The summed E-state index contributed by atoms with van der Waals surface area (Å²) in [6.45, 7) is 3.04. The van der Waals surface area contributed by atoms with E-state index < -0.39 is 0 Å². The fraction of sp³-hybridized carbons (Fsp3) is 0.579. The number of anilines is 1. The Hall–Kier alpha value is -2.30. The van der Waals surface area contributed by atoms with Crippen LogP contribution in [0.1, 0.15) is 19.3 Å². The molecule has 0 unspecified atom stereocenters. The van der Waals surface area contributed by atoms with Crippen molar-refractivity contribution in [1.82, 2.24) is 9.80 Å². The van der Waals surface area contributed by atoms with Crippen LogP contribution >= 0.6 is 0 Å². The molecule has 0 aliphatic carbocycles. The molecule has 26 heavy (non-hydrogen) atoms. The normalized spacial score (nSPS) is 10.4. The summed E-state index contributed by atoms with van der Waals surface area (Å²) in [5.41, 5.74) is 0.629. The molecule has 0 bridgehead atoms. The predicted molar refractivity (Wildman–Crippen MR) is 102 cm³/mol. The van der Waals surface area contributed by atoms with Gasteiger partial charge in [0.2, 0.25) is 0 Å². The van der Waals surface area contributed by atoms with Gasteiger partial charge in [0, 0.05) is 33.2 Å². The minimum Gasteiger partial charge on any atom is -0.491 e. The van der Waals surface area contributed by atoms with Crippen molar-refractivity contribution in [1.29, 1.82) is 5.26 Å². The summed E-state index contributed by atoms with van der Waals surface area (Å²) < 4.78 is 10.8. The van der Waals surface area contributed by atoms with Crippen LogP contribution in [0.5, 0.6) is 5.75 Å². The third-order valence-electron chi connectivity index (χ3n) is 3.69. The zero-order valence-electron chi connectivity index (χ0n) is 16.0. The number of methoxy groups -OCH3 is 1. The lowest BCUT2D eigenvalue weighted by molar-refractivity contribution is 0.172. The Labute approximate surface area is 156 Å². The number of rotatable bonds is 12. The number of ether oxygens (including phenoxy) is 2. The van der Waals surface area contributed by atoms with Crippen molar-refractivity contribution in [3.63, 3.8) is 0 Å². The van der Waals surface area contributed by atoms with Crippen LogP contribution in [-0.4, -0.2) is 69.9 Å². The number of nitrogens with one attached hydrogen (secondary N) is 1. The lowest BCUT2D eigenvalue weighted by Gasteiger charge is -2.23. The van der Waals surface area contributed by atoms with E-state index in [1.165, 1.54) is 0 Å². The molecular weight excluding hydrogens is 332 g/mol. The molecule has 0 atom stereocenters. The molecule has 0 heterocycles. The number of carbonyl (C=O) groups excluding carboxylic acids is 1. The van der Waals surface area contributed by atoms with Gasteiger partial charge in [0.05, 0.1) is 24.8 Å². The van der Waals surface area contributed by atoms with E-state index in [2.05, 4.69) is 16.3 Å². The third kappa shape index (κ3) is 8.70. The number of hydrogen-bond acceptors (Lipinski definition) is 5. The molecule has 1 N–H and O–H groups in total. The molecular formula is C19H30N4O3. The number of nitriles is 1. The molecule has 0 aromatic heterocycles. The van der Waals surface area contributed by atoms with Crippen LogP contribution in [-0.2, 0) is 4.74 Å². The first kappa shape index (κ1) is 21.7. The summed E-state index contributed by atoms with van der Waals surface area (Å²) in [7, 11) is 5.65. The smallest absolute Gasteiger partial charge is 0.321 e. The maximum Gasteiger partial charge on any atom is 0.321 e. The molecule has 1 aromatic carbocycles. The maximum atomic E-state index is 12.6. The van der Waals surface area contributed by atoms with E-state index in [0.29, 0.717) is 44.2 Å². The number of benzene rings is 1. The molecule has 0 radical (unpaired) electrons. The van der Waals surface area contributed by atoms with E-state index in [9.17, 15) is 4.79 Å². The molecule has 0 aliphatic rings. The van der Waals surface area contributed by atoms with Gasteiger partial charge in [-0.1, -0.05) is 12.1 Å². The van der Waals surface area contributed by atoms with E-state index >= 15 is 0 Å². The highest BCUT2D eigenvalue weighted by atomic mass is 16.5. The van der Waals surface area contributed by atoms with Crippen molar-refractivity contribution < 1.29 is 14.3 Å². The van der Waals surface area contributed by atoms with Crippen molar-refractivity contribution in [2.45, 2.75) is 19.3 Å². The lowest BCUT2D eigenvalue weighted by atomic mass is 10.3. The number of nitrogens with zero attached hydrogens (tertiary/aromatic N) is 3. The van der Waals surface area contributed by atoms with E-state index in [4.69, 9.17) is 14.7 Å². The zero-order valence-corrected chi connectivity index (χ0v) is 16.0. The fourth-order valence-electron chi connectivity index (χ4n) is 2.35. The Morgan fingerprint density at radius 3 is 2.62 bits per heavy atom. The van der Waals surface area contributed by atoms with Crippen LogP contribution < -0.4 is 10.1 Å². The van der Waals surface area contributed by atoms with Crippen LogP contribution in [0.25, 0.3) is 0 Å². The van der Waals surface area contributed by atoms with Crippen LogP contribution in [0.3, 0.4) is 0 Å². The standard InChI is InChI=1S/C19H30N4O3/c1-22(2)12-7-14-23(13-6-11-20)19(24)21-17-9-4-5-10-18(17)26-16-8-15-25-3/h4-5,9-10H,6-8,12-16H2,1-3H3,(H,21,24). The van der Waals surface area contributed by atoms with Crippen molar-refractivity contribution >= 4 is 11.7 Å². The van der Waals surface area contributed by atoms with Crippen molar-refractivity contribution in [2.24, 2.45) is 0 Å². The SMILES string of the molecule is COCCCOc1ccccc1NC(=O)N(CCC#N)CCCN(C)C. The highest BCUT2D eigenvalue weighted by Crippen LogP contribution is 2.24. The zero-order chi connectivity index (χ0) is 19.2. The van der Waals surface area contributed by atoms with Gasteiger partial charge >= 0.3 is 6.03 Å². The van der Waals surface area contributed by atoms with Gasteiger partial charge < -0.3 is 24.6 Å². The first-order valence-corrected chi connectivity index (χ1v) is 8.87. The molecule has 144 valence electrons. The van der Waals surface area contributed by atoms with E-state index in [1.54, 1.807) is 12.0 Å². The summed E-state index contributed by atoms with van der Waals surface area (Å²) in [6, 6.07) is 9.24. The van der Waals surface area contributed by atoms with Gasteiger partial charge in [-0.15, -0.1) is 0 Å². The molecule has 7 nitrogen and oxygen atoms in total. The topological polar surface area (TPSA) is 77.8 Å². The van der Waals surface area contributed by atoms with Gasteiger partial charge in [0.15, 0.2) is 0 Å². The number of hydrogen-bond donors (Lipinski definition) is 1. The minimum atomic E-state index is -0.216. The molecule has 1 rings (SSSR count). The average molecular weight is 362 g/mol. The first-order chi connectivity index (χ1) is 12.6. The Morgan fingerprint density at radius 1 is 1.15 bits per heavy atom. The van der Waals surface area contributed by atoms with Crippen LogP contribution in [0.2, 0.25) is 0 Å². The van der Waals surface area contributed by atoms with Gasteiger partial charge in [-0.2, -0.15) is 5.26 Å².